The number of pyridine rings is 1. The van der Waals surface area contributed by atoms with E-state index in [1.54, 1.807) is 25.1 Å². The van der Waals surface area contributed by atoms with Crippen LogP contribution in [0.3, 0.4) is 0 Å². The third kappa shape index (κ3) is 3.91. The smallest absolute Gasteiger partial charge is 0.259 e. The molecule has 0 fully saturated rings. The Morgan fingerprint density at radius 3 is 2.87 bits per heavy atom. The summed E-state index contributed by atoms with van der Waals surface area (Å²) in [6.07, 6.45) is 1.81. The summed E-state index contributed by atoms with van der Waals surface area (Å²) in [4.78, 5) is 19.4. The van der Waals surface area contributed by atoms with Gasteiger partial charge in [0.1, 0.15) is 12.4 Å². The van der Waals surface area contributed by atoms with Crippen molar-refractivity contribution >= 4 is 23.1 Å². The Labute approximate surface area is 174 Å². The van der Waals surface area contributed by atoms with Crippen molar-refractivity contribution in [3.63, 3.8) is 0 Å². The second kappa shape index (κ2) is 8.41. The Kier molecular flexibility index (Phi) is 5.52. The number of nitrogens with one attached hydrogen (secondary N) is 1. The van der Waals surface area contributed by atoms with Crippen molar-refractivity contribution in [2.45, 2.75) is 13.8 Å². The van der Waals surface area contributed by atoms with E-state index in [4.69, 9.17) is 9.47 Å². The van der Waals surface area contributed by atoms with Crippen LogP contribution >= 0.6 is 0 Å². The SMILES string of the molecule is CCOc1ccc(NC(=O)c2cccc3c2OCCN3c2ccc(C)cn2)cc1F. The van der Waals surface area contributed by atoms with E-state index in [-0.39, 0.29) is 11.7 Å². The lowest BCUT2D eigenvalue weighted by molar-refractivity contribution is 0.102. The molecule has 6 nitrogen and oxygen atoms in total. The standard InChI is InChI=1S/C23H22FN3O3/c1-3-29-20-9-8-16(13-18(20)24)26-23(28)17-5-4-6-19-22(17)30-12-11-27(19)21-10-7-15(2)14-25-21/h4-10,13-14H,3,11-12H2,1-2H3,(H,26,28). The van der Waals surface area contributed by atoms with Crippen molar-refractivity contribution in [1.82, 2.24) is 4.98 Å². The second-order valence-electron chi connectivity index (χ2n) is 6.88. The molecule has 3 aromatic rings. The van der Waals surface area contributed by atoms with Gasteiger partial charge in [-0.05, 0) is 49.7 Å². The number of anilines is 3. The number of hydrogen-bond donors (Lipinski definition) is 1. The van der Waals surface area contributed by atoms with E-state index >= 15 is 0 Å². The molecule has 0 spiro atoms. The number of aromatic nitrogens is 1. The van der Waals surface area contributed by atoms with Crippen molar-refractivity contribution in [1.29, 1.82) is 0 Å². The average molecular weight is 407 g/mol. The summed E-state index contributed by atoms with van der Waals surface area (Å²) in [5.41, 5.74) is 2.55. The molecule has 7 heteroatoms. The monoisotopic (exact) mass is 407 g/mol. The van der Waals surface area contributed by atoms with Crippen molar-refractivity contribution in [3.05, 3.63) is 71.7 Å². The van der Waals surface area contributed by atoms with Gasteiger partial charge in [-0.1, -0.05) is 12.1 Å². The molecule has 1 aliphatic heterocycles. The lowest BCUT2D eigenvalue weighted by atomic mass is 10.1. The van der Waals surface area contributed by atoms with Crippen LogP contribution in [-0.4, -0.2) is 30.6 Å². The zero-order chi connectivity index (χ0) is 21.1. The Morgan fingerprint density at radius 1 is 1.27 bits per heavy atom. The summed E-state index contributed by atoms with van der Waals surface area (Å²) < 4.78 is 25.2. The second-order valence-corrected chi connectivity index (χ2v) is 6.88. The summed E-state index contributed by atoms with van der Waals surface area (Å²) >= 11 is 0. The number of ether oxygens (including phenoxy) is 2. The van der Waals surface area contributed by atoms with E-state index in [2.05, 4.69) is 10.3 Å². The number of para-hydroxylation sites is 1. The van der Waals surface area contributed by atoms with Gasteiger partial charge in [0, 0.05) is 18.0 Å². The zero-order valence-electron chi connectivity index (χ0n) is 16.8. The van der Waals surface area contributed by atoms with E-state index in [0.29, 0.717) is 36.8 Å². The number of rotatable bonds is 5. The highest BCUT2D eigenvalue weighted by Crippen LogP contribution is 2.38. The summed E-state index contributed by atoms with van der Waals surface area (Å²) in [5.74, 6) is 0.509. The molecule has 0 unspecified atom stereocenters. The van der Waals surface area contributed by atoms with E-state index in [1.807, 2.05) is 36.2 Å². The fourth-order valence-electron chi connectivity index (χ4n) is 3.33. The third-order valence-corrected chi connectivity index (χ3v) is 4.75. The van der Waals surface area contributed by atoms with Crippen LogP contribution in [0.5, 0.6) is 11.5 Å². The number of halogens is 1. The van der Waals surface area contributed by atoms with Gasteiger partial charge in [-0.25, -0.2) is 9.37 Å². The minimum Gasteiger partial charge on any atom is -0.491 e. The topological polar surface area (TPSA) is 63.7 Å². The molecule has 1 N–H and O–H groups in total. The highest BCUT2D eigenvalue weighted by molar-refractivity contribution is 6.07. The quantitative estimate of drug-likeness (QED) is 0.664. The van der Waals surface area contributed by atoms with Crippen LogP contribution in [0, 0.1) is 12.7 Å². The Hall–Kier alpha value is -3.61. The van der Waals surface area contributed by atoms with Gasteiger partial charge in [-0.15, -0.1) is 0 Å². The number of carbonyl (C=O) groups is 1. The van der Waals surface area contributed by atoms with Crippen LogP contribution < -0.4 is 19.7 Å². The minimum atomic E-state index is -0.530. The van der Waals surface area contributed by atoms with Crippen LogP contribution in [0.15, 0.2) is 54.7 Å². The summed E-state index contributed by atoms with van der Waals surface area (Å²) in [5, 5.41) is 2.73. The van der Waals surface area contributed by atoms with Crippen LogP contribution in [-0.2, 0) is 0 Å². The molecule has 1 amide bonds. The number of fused-ring (bicyclic) bond motifs is 1. The summed E-state index contributed by atoms with van der Waals surface area (Å²) in [6, 6.07) is 13.6. The molecule has 0 saturated heterocycles. The number of benzene rings is 2. The minimum absolute atomic E-state index is 0.150. The molecule has 2 aromatic carbocycles. The first-order chi connectivity index (χ1) is 14.6. The number of carbonyl (C=O) groups excluding carboxylic acids is 1. The summed E-state index contributed by atoms with van der Waals surface area (Å²) in [7, 11) is 0. The summed E-state index contributed by atoms with van der Waals surface area (Å²) in [6.45, 7) is 5.17. The van der Waals surface area contributed by atoms with Crippen molar-refractivity contribution < 1.29 is 18.7 Å². The number of amides is 1. The van der Waals surface area contributed by atoms with Crippen LogP contribution in [0.4, 0.5) is 21.6 Å². The Bertz CT molecular complexity index is 1070. The molecule has 2 heterocycles. The van der Waals surface area contributed by atoms with Gasteiger partial charge in [-0.3, -0.25) is 4.79 Å². The van der Waals surface area contributed by atoms with E-state index in [1.165, 1.54) is 12.1 Å². The van der Waals surface area contributed by atoms with E-state index < -0.39 is 5.82 Å². The first kappa shape index (κ1) is 19.7. The zero-order valence-corrected chi connectivity index (χ0v) is 16.8. The highest BCUT2D eigenvalue weighted by atomic mass is 19.1. The average Bonchev–Trinajstić information content (AvgIpc) is 2.75. The molecule has 0 atom stereocenters. The van der Waals surface area contributed by atoms with Gasteiger partial charge >= 0.3 is 0 Å². The third-order valence-electron chi connectivity index (χ3n) is 4.75. The Morgan fingerprint density at radius 2 is 2.13 bits per heavy atom. The molecule has 1 aromatic heterocycles. The van der Waals surface area contributed by atoms with Crippen LogP contribution in [0.2, 0.25) is 0 Å². The molecule has 4 rings (SSSR count). The van der Waals surface area contributed by atoms with Gasteiger partial charge < -0.3 is 19.7 Å². The predicted octanol–water partition coefficient (Wildman–Crippen LogP) is 4.71. The normalized spacial score (nSPS) is 12.7. The molecule has 0 aliphatic carbocycles. The van der Waals surface area contributed by atoms with E-state index in [0.717, 1.165) is 17.1 Å². The highest BCUT2D eigenvalue weighted by Gasteiger charge is 2.25. The molecule has 30 heavy (non-hydrogen) atoms. The first-order valence-electron chi connectivity index (χ1n) is 9.76. The fourth-order valence-corrected chi connectivity index (χ4v) is 3.33. The number of nitrogens with zero attached hydrogens (tertiary/aromatic N) is 2. The molecule has 154 valence electrons. The van der Waals surface area contributed by atoms with Crippen molar-refractivity contribution in [2.24, 2.45) is 0 Å². The van der Waals surface area contributed by atoms with Crippen molar-refractivity contribution in [3.8, 4) is 11.5 Å². The fraction of sp³-hybridized carbons (Fsp3) is 0.217. The van der Waals surface area contributed by atoms with Gasteiger partial charge in [0.2, 0.25) is 0 Å². The Balaban J connectivity index is 1.61. The number of aryl methyl sites for hydroxylation is 1. The molecule has 1 aliphatic rings. The van der Waals surface area contributed by atoms with E-state index in [9.17, 15) is 9.18 Å². The van der Waals surface area contributed by atoms with Crippen LogP contribution in [0.25, 0.3) is 0 Å². The maximum Gasteiger partial charge on any atom is 0.259 e. The molecular formula is C23H22FN3O3. The maximum absolute atomic E-state index is 14.1. The van der Waals surface area contributed by atoms with Gasteiger partial charge in [0.25, 0.3) is 5.91 Å². The van der Waals surface area contributed by atoms with Gasteiger partial charge in [-0.2, -0.15) is 0 Å². The lowest BCUT2D eigenvalue weighted by Gasteiger charge is -2.31. The van der Waals surface area contributed by atoms with Crippen LogP contribution in [0.1, 0.15) is 22.8 Å². The predicted molar refractivity (Wildman–Crippen MR) is 113 cm³/mol. The lowest BCUT2D eigenvalue weighted by Crippen LogP contribution is -2.30. The van der Waals surface area contributed by atoms with Gasteiger partial charge in [0.05, 0.1) is 24.4 Å². The first-order valence-corrected chi connectivity index (χ1v) is 9.76. The molecular weight excluding hydrogens is 385 g/mol. The van der Waals surface area contributed by atoms with Gasteiger partial charge in [0.15, 0.2) is 17.3 Å². The molecule has 0 bridgehead atoms. The molecule has 0 saturated carbocycles. The van der Waals surface area contributed by atoms with Crippen molar-refractivity contribution in [2.75, 3.05) is 30.0 Å². The maximum atomic E-state index is 14.1. The number of hydrogen-bond acceptors (Lipinski definition) is 5. The largest absolute Gasteiger partial charge is 0.491 e. The molecule has 0 radical (unpaired) electrons.